The molecule has 0 radical (unpaired) electrons. The number of aliphatic imine (C=N–C) groups is 2. The molecule has 0 unspecified atom stereocenters. The van der Waals surface area contributed by atoms with Crippen molar-refractivity contribution >= 4 is 35.7 Å². The molecular weight excluding hydrogens is 442 g/mol. The Morgan fingerprint density at radius 3 is 1.69 bits per heavy atom. The predicted molar refractivity (Wildman–Crippen MR) is 151 cm³/mol. The summed E-state index contributed by atoms with van der Waals surface area (Å²) in [6.07, 6.45) is 12.8. The summed E-state index contributed by atoms with van der Waals surface area (Å²) in [6.45, 7) is 16.4. The van der Waals surface area contributed by atoms with Gasteiger partial charge in [0.25, 0.3) is 0 Å². The van der Waals surface area contributed by atoms with E-state index in [2.05, 4.69) is 93.6 Å². The van der Waals surface area contributed by atoms with Crippen molar-refractivity contribution in [2.75, 3.05) is 0 Å². The number of hydrogen-bond donors (Lipinski definition) is 2. The summed E-state index contributed by atoms with van der Waals surface area (Å²) in [5.74, 6) is 0. The van der Waals surface area contributed by atoms with Crippen molar-refractivity contribution in [3.8, 4) is 0 Å². The second-order valence-electron chi connectivity index (χ2n) is 9.75. The summed E-state index contributed by atoms with van der Waals surface area (Å²) < 4.78 is 2.18. The van der Waals surface area contributed by atoms with E-state index in [-0.39, 0.29) is 0 Å². The Morgan fingerprint density at radius 2 is 1.22 bits per heavy atom. The highest BCUT2D eigenvalue weighted by atomic mass is 15.3. The van der Waals surface area contributed by atoms with Crippen LogP contribution in [0.2, 0.25) is 0 Å². The molecule has 2 N–H and O–H groups in total. The molecule has 0 aliphatic carbocycles. The quantitative estimate of drug-likeness (QED) is 0.560. The number of aromatic amines is 2. The molecule has 0 saturated carbocycles. The van der Waals surface area contributed by atoms with Crippen molar-refractivity contribution in [1.82, 2.24) is 10.1 Å². The minimum Gasteiger partial charge on any atom is -0.355 e. The summed E-state index contributed by atoms with van der Waals surface area (Å²) in [6, 6.07) is 2.21. The highest BCUT2D eigenvalue weighted by molar-refractivity contribution is 6.24. The third kappa shape index (κ3) is 3.91. The van der Waals surface area contributed by atoms with Gasteiger partial charge in [0.15, 0.2) is 6.54 Å². The summed E-state index contributed by atoms with van der Waals surface area (Å²) >= 11 is 0. The van der Waals surface area contributed by atoms with Crippen LogP contribution in [0.15, 0.2) is 49.7 Å². The fraction of sp³-hybridized carbons (Fsp3) is 0.387. The topological polar surface area (TPSA) is 60.2 Å². The third-order valence-electron chi connectivity index (χ3n) is 7.81. The van der Waals surface area contributed by atoms with Gasteiger partial charge >= 0.3 is 0 Å². The van der Waals surface area contributed by atoms with E-state index in [1.54, 1.807) is 0 Å². The fourth-order valence-electron chi connectivity index (χ4n) is 5.85. The molecular formula is C31H38N5+. The van der Waals surface area contributed by atoms with Crippen LogP contribution < -0.4 is 15.4 Å². The van der Waals surface area contributed by atoms with E-state index in [0.717, 1.165) is 66.4 Å². The second-order valence-corrected chi connectivity index (χ2v) is 9.75. The van der Waals surface area contributed by atoms with Gasteiger partial charge in [-0.25, -0.2) is 9.98 Å². The van der Waals surface area contributed by atoms with E-state index in [9.17, 15) is 0 Å². The van der Waals surface area contributed by atoms with Crippen LogP contribution in [0.25, 0.3) is 24.3 Å². The second kappa shape index (κ2) is 9.53. The summed E-state index contributed by atoms with van der Waals surface area (Å²) in [5.41, 5.74) is 14.3. The molecule has 5 nitrogen and oxygen atoms in total. The van der Waals surface area contributed by atoms with Crippen LogP contribution in [0.1, 0.15) is 83.8 Å². The molecule has 0 amide bonds. The lowest BCUT2D eigenvalue weighted by atomic mass is 10.0. The molecule has 5 heterocycles. The molecule has 186 valence electrons. The minimum atomic E-state index is 0.857. The monoisotopic (exact) mass is 480 g/mol. The van der Waals surface area contributed by atoms with Crippen LogP contribution in [0.5, 0.6) is 0 Å². The van der Waals surface area contributed by atoms with Gasteiger partial charge in [0.1, 0.15) is 5.69 Å². The first-order chi connectivity index (χ1) is 17.4. The minimum absolute atomic E-state index is 0.857. The van der Waals surface area contributed by atoms with Crippen molar-refractivity contribution in [3.05, 3.63) is 73.0 Å². The van der Waals surface area contributed by atoms with E-state index in [0.29, 0.717) is 0 Å². The van der Waals surface area contributed by atoms with Crippen molar-refractivity contribution in [2.45, 2.75) is 80.7 Å². The number of H-pyrrole nitrogens is 2. The molecule has 0 saturated heterocycles. The van der Waals surface area contributed by atoms with Crippen molar-refractivity contribution in [3.63, 3.8) is 0 Å². The smallest absolute Gasteiger partial charge is 0.233 e. The van der Waals surface area contributed by atoms with Gasteiger partial charge in [0.2, 0.25) is 5.69 Å². The van der Waals surface area contributed by atoms with E-state index >= 15 is 0 Å². The first-order valence-electron chi connectivity index (χ1n) is 13.5. The highest BCUT2D eigenvalue weighted by Gasteiger charge is 2.23. The Labute approximate surface area is 214 Å². The third-order valence-corrected chi connectivity index (χ3v) is 7.81. The van der Waals surface area contributed by atoms with Crippen LogP contribution in [0.4, 0.5) is 0 Å². The first-order valence-corrected chi connectivity index (χ1v) is 13.5. The van der Waals surface area contributed by atoms with Gasteiger partial charge in [-0.15, -0.1) is 4.68 Å². The molecule has 0 aromatic carbocycles. The Bertz CT molecular complexity index is 1560. The maximum Gasteiger partial charge on any atom is 0.233 e. The zero-order valence-electron chi connectivity index (χ0n) is 22.8. The molecule has 0 atom stereocenters. The molecule has 36 heavy (non-hydrogen) atoms. The average Bonchev–Trinajstić information content (AvgIpc) is 3.57. The molecule has 2 aromatic rings. The molecule has 8 bridgehead atoms. The van der Waals surface area contributed by atoms with Crippen LogP contribution in [-0.4, -0.2) is 21.5 Å². The van der Waals surface area contributed by atoms with Gasteiger partial charge in [-0.1, -0.05) is 27.7 Å². The molecule has 3 aliphatic rings. The normalized spacial score (nSPS) is 17.1. The van der Waals surface area contributed by atoms with Gasteiger partial charge < -0.3 is 4.98 Å². The number of fused-ring (bicyclic) bond motifs is 6. The maximum atomic E-state index is 5.15. The molecule has 0 spiro atoms. The van der Waals surface area contributed by atoms with E-state index in [1.807, 2.05) is 0 Å². The molecule has 5 rings (SSSR count). The Kier molecular flexibility index (Phi) is 6.42. The van der Waals surface area contributed by atoms with Crippen molar-refractivity contribution in [2.24, 2.45) is 9.98 Å². The van der Waals surface area contributed by atoms with E-state index < -0.39 is 0 Å². The van der Waals surface area contributed by atoms with Gasteiger partial charge in [-0.05, 0) is 98.1 Å². The number of nitrogens with zero attached hydrogens (tertiary/aromatic N) is 3. The van der Waals surface area contributed by atoms with Crippen LogP contribution in [-0.2, 0) is 19.4 Å². The summed E-state index contributed by atoms with van der Waals surface area (Å²) in [5, 5.41) is 5.90. The lowest BCUT2D eigenvalue weighted by Gasteiger charge is -2.01. The first kappa shape index (κ1) is 24.2. The number of hydrogen-bond acceptors (Lipinski definition) is 2. The van der Waals surface area contributed by atoms with Crippen LogP contribution >= 0.6 is 0 Å². The Morgan fingerprint density at radius 1 is 0.694 bits per heavy atom. The lowest BCUT2D eigenvalue weighted by Crippen LogP contribution is -2.37. The highest BCUT2D eigenvalue weighted by Crippen LogP contribution is 2.31. The van der Waals surface area contributed by atoms with Crippen LogP contribution in [0, 0.1) is 0 Å². The number of nitrogens with one attached hydrogen (secondary N) is 2. The fourth-order valence-corrected chi connectivity index (χ4v) is 5.85. The van der Waals surface area contributed by atoms with Crippen LogP contribution in [0.3, 0.4) is 0 Å². The van der Waals surface area contributed by atoms with Gasteiger partial charge in [0.05, 0.1) is 22.8 Å². The zero-order valence-corrected chi connectivity index (χ0v) is 22.8. The Balaban J connectivity index is 1.87. The number of allylic oxidation sites excluding steroid dienone is 4. The Hall–Kier alpha value is -3.47. The molecule has 0 fully saturated rings. The van der Waals surface area contributed by atoms with Gasteiger partial charge in [0, 0.05) is 22.8 Å². The summed E-state index contributed by atoms with van der Waals surface area (Å²) in [7, 11) is 0. The van der Waals surface area contributed by atoms with Gasteiger partial charge in [-0.2, -0.15) is 5.10 Å². The number of aryl methyl sites for hydroxylation is 1. The van der Waals surface area contributed by atoms with Gasteiger partial charge in [-0.3, -0.25) is 0 Å². The number of rotatable bonds is 5. The largest absolute Gasteiger partial charge is 0.355 e. The SMILES string of the molecule is CCC1=C(C)C2=Cc3cc([n+](CC)[nH]3)C=C3N=C(C=c4[nH]c(c(CC)c4CC)=CC1=N2)C(CC)=C3C. The predicted octanol–water partition coefficient (Wildman–Crippen LogP) is 5.09. The summed E-state index contributed by atoms with van der Waals surface area (Å²) in [4.78, 5) is 14.0. The van der Waals surface area contributed by atoms with Crippen molar-refractivity contribution in [1.29, 1.82) is 0 Å². The molecule has 3 aliphatic heterocycles. The van der Waals surface area contributed by atoms with E-state index in [1.165, 1.54) is 44.1 Å². The molecule has 2 aromatic heterocycles. The number of aromatic nitrogens is 3. The lowest BCUT2D eigenvalue weighted by molar-refractivity contribution is -0.748. The van der Waals surface area contributed by atoms with Crippen molar-refractivity contribution < 1.29 is 4.68 Å². The average molecular weight is 481 g/mol. The zero-order chi connectivity index (χ0) is 25.6. The molecule has 5 heteroatoms. The maximum absolute atomic E-state index is 5.15. The van der Waals surface area contributed by atoms with E-state index in [4.69, 9.17) is 9.98 Å². The standard InChI is InChI=1S/C31H37N5/c1-8-22-18(6)26-14-20-13-21(36(12-5)35-20)15-27-19(7)23(9-2)29(33-27)17-31-25(11-4)24(10-3)30(34-31)16-28(22)32-26/h13-17H,8-12H2,1-7H3,(H,32,33,34,35)/p+1.